The number of thioether (sulfide) groups is 1. The minimum atomic E-state index is -0.432. The zero-order valence-electron chi connectivity index (χ0n) is 12.5. The number of nitro benzene ring substituents is 1. The highest BCUT2D eigenvalue weighted by atomic mass is 32.2. The van der Waals surface area contributed by atoms with Crippen LogP contribution in [0, 0.1) is 10.1 Å². The molecule has 0 atom stereocenters. The van der Waals surface area contributed by atoms with Crippen molar-refractivity contribution in [3.05, 3.63) is 82.2 Å². The minimum Gasteiger partial charge on any atom is -0.258 e. The van der Waals surface area contributed by atoms with Gasteiger partial charge in [0.25, 0.3) is 5.69 Å². The molecule has 0 N–H and O–H groups in total. The third kappa shape index (κ3) is 3.85. The first-order valence-corrected chi connectivity index (χ1v) is 8.07. The van der Waals surface area contributed by atoms with Gasteiger partial charge in [-0.1, -0.05) is 54.2 Å². The maximum Gasteiger partial charge on any atom is 0.278 e. The maximum atomic E-state index is 11.0. The van der Waals surface area contributed by atoms with Gasteiger partial charge in [-0.3, -0.25) is 10.1 Å². The fourth-order valence-electron chi connectivity index (χ4n) is 2.00. The lowest BCUT2D eigenvalue weighted by Gasteiger charge is -2.01. The van der Waals surface area contributed by atoms with E-state index >= 15 is 0 Å². The van der Waals surface area contributed by atoms with Crippen molar-refractivity contribution in [3.63, 3.8) is 0 Å². The molecule has 1 heterocycles. The van der Waals surface area contributed by atoms with Gasteiger partial charge in [-0.2, -0.15) is 9.78 Å². The van der Waals surface area contributed by atoms with E-state index in [0.717, 1.165) is 5.75 Å². The second kappa shape index (κ2) is 7.51. The molecule has 0 unspecified atom stereocenters. The van der Waals surface area contributed by atoms with Crippen LogP contribution in [0.2, 0.25) is 0 Å². The second-order valence-electron chi connectivity index (χ2n) is 4.79. The van der Waals surface area contributed by atoms with E-state index in [1.807, 2.05) is 30.3 Å². The number of hydrogen-bond donors (Lipinski definition) is 0. The number of para-hydroxylation sites is 1. The summed E-state index contributed by atoms with van der Waals surface area (Å²) in [5.41, 5.74) is 1.60. The molecule has 0 saturated carbocycles. The van der Waals surface area contributed by atoms with Gasteiger partial charge < -0.3 is 0 Å². The fourth-order valence-corrected chi connectivity index (χ4v) is 2.82. The topological polar surface area (TPSA) is 86.2 Å². The molecule has 7 nitrogen and oxygen atoms in total. The first-order chi connectivity index (χ1) is 11.7. The summed E-state index contributed by atoms with van der Waals surface area (Å²) in [4.78, 5) is 10.6. The van der Waals surface area contributed by atoms with Crippen LogP contribution >= 0.6 is 11.8 Å². The Hall–Kier alpha value is -3.00. The number of hydrogen-bond acceptors (Lipinski definition) is 6. The zero-order valence-corrected chi connectivity index (χ0v) is 13.3. The van der Waals surface area contributed by atoms with Crippen molar-refractivity contribution in [2.45, 2.75) is 10.9 Å². The van der Waals surface area contributed by atoms with E-state index in [9.17, 15) is 10.1 Å². The van der Waals surface area contributed by atoms with Crippen LogP contribution in [0.5, 0.6) is 0 Å². The summed E-state index contributed by atoms with van der Waals surface area (Å²) < 4.78 is 1.50. The van der Waals surface area contributed by atoms with Crippen molar-refractivity contribution in [1.82, 2.24) is 14.9 Å². The van der Waals surface area contributed by atoms with Gasteiger partial charge in [0, 0.05) is 11.8 Å². The Balaban J connectivity index is 1.75. The number of rotatable bonds is 6. The first-order valence-electron chi connectivity index (χ1n) is 7.08. The molecular formula is C16H13N5O2S. The molecule has 3 aromatic rings. The summed E-state index contributed by atoms with van der Waals surface area (Å²) in [7, 11) is 0. The SMILES string of the molecule is O=[N+]([O-])c1ccccc1/C=N/n1cnnc1SCc1ccccc1. The second-order valence-corrected chi connectivity index (χ2v) is 5.74. The van der Waals surface area contributed by atoms with Crippen molar-refractivity contribution in [2.75, 3.05) is 0 Å². The van der Waals surface area contributed by atoms with E-state index in [0.29, 0.717) is 10.7 Å². The monoisotopic (exact) mass is 339 g/mol. The van der Waals surface area contributed by atoms with Gasteiger partial charge in [0.1, 0.15) is 6.33 Å². The Morgan fingerprint density at radius 1 is 1.17 bits per heavy atom. The van der Waals surface area contributed by atoms with E-state index in [1.165, 1.54) is 40.6 Å². The quantitative estimate of drug-likeness (QED) is 0.297. The Bertz CT molecular complexity index is 864. The summed E-state index contributed by atoms with van der Waals surface area (Å²) in [5, 5.41) is 23.7. The van der Waals surface area contributed by atoms with Crippen LogP contribution in [0.25, 0.3) is 0 Å². The molecule has 24 heavy (non-hydrogen) atoms. The third-order valence-electron chi connectivity index (χ3n) is 3.17. The lowest BCUT2D eigenvalue weighted by atomic mass is 10.2. The Morgan fingerprint density at radius 2 is 1.92 bits per heavy atom. The van der Waals surface area contributed by atoms with Gasteiger partial charge in [0.2, 0.25) is 5.16 Å². The highest BCUT2D eigenvalue weighted by Crippen LogP contribution is 2.21. The lowest BCUT2D eigenvalue weighted by molar-refractivity contribution is -0.385. The molecule has 0 radical (unpaired) electrons. The molecule has 120 valence electrons. The van der Waals surface area contributed by atoms with E-state index in [-0.39, 0.29) is 5.69 Å². The van der Waals surface area contributed by atoms with Gasteiger partial charge >= 0.3 is 0 Å². The Labute approximate surface area is 142 Å². The van der Waals surface area contributed by atoms with Gasteiger partial charge in [-0.05, 0) is 11.6 Å². The van der Waals surface area contributed by atoms with Crippen molar-refractivity contribution < 1.29 is 4.92 Å². The predicted octanol–water partition coefficient (Wildman–Crippen LogP) is 3.36. The van der Waals surface area contributed by atoms with E-state index in [1.54, 1.807) is 18.2 Å². The molecule has 1 aromatic heterocycles. The number of aromatic nitrogens is 3. The van der Waals surface area contributed by atoms with Crippen LogP contribution < -0.4 is 0 Å². The molecule has 0 bridgehead atoms. The van der Waals surface area contributed by atoms with Crippen LogP contribution in [-0.4, -0.2) is 26.0 Å². The molecule has 0 amide bonds. The van der Waals surface area contributed by atoms with Gasteiger partial charge in [0.05, 0.1) is 16.7 Å². The van der Waals surface area contributed by atoms with Gasteiger partial charge in [0.15, 0.2) is 0 Å². The maximum absolute atomic E-state index is 11.0. The van der Waals surface area contributed by atoms with Crippen LogP contribution in [0.4, 0.5) is 5.69 Å². The summed E-state index contributed by atoms with van der Waals surface area (Å²) in [5.74, 6) is 0.737. The largest absolute Gasteiger partial charge is 0.278 e. The summed E-state index contributed by atoms with van der Waals surface area (Å²) in [6.45, 7) is 0. The van der Waals surface area contributed by atoms with Gasteiger partial charge in [-0.25, -0.2) is 0 Å². The lowest BCUT2D eigenvalue weighted by Crippen LogP contribution is -1.96. The van der Waals surface area contributed by atoms with Crippen molar-refractivity contribution in [3.8, 4) is 0 Å². The molecule has 0 spiro atoms. The summed E-state index contributed by atoms with van der Waals surface area (Å²) >= 11 is 1.49. The number of nitrogens with zero attached hydrogens (tertiary/aromatic N) is 5. The normalized spacial score (nSPS) is 11.0. The van der Waals surface area contributed by atoms with Crippen LogP contribution in [-0.2, 0) is 5.75 Å². The number of benzene rings is 2. The molecule has 2 aromatic carbocycles. The van der Waals surface area contributed by atoms with E-state index < -0.39 is 4.92 Å². The van der Waals surface area contributed by atoms with Crippen LogP contribution in [0.3, 0.4) is 0 Å². The molecule has 0 aliphatic rings. The first kappa shape index (κ1) is 15.9. The molecule has 3 rings (SSSR count). The predicted molar refractivity (Wildman–Crippen MR) is 92.1 cm³/mol. The standard InChI is InChI=1S/C16H13N5O2S/c22-21(23)15-9-5-4-8-14(15)10-18-20-12-17-19-16(20)24-11-13-6-2-1-3-7-13/h1-10,12H,11H2/b18-10+. The minimum absolute atomic E-state index is 0.00723. The Morgan fingerprint density at radius 3 is 2.71 bits per heavy atom. The number of nitro groups is 1. The smallest absolute Gasteiger partial charge is 0.258 e. The molecule has 0 saturated heterocycles. The Kier molecular flexibility index (Phi) is 4.97. The molecule has 0 aliphatic carbocycles. The third-order valence-corrected chi connectivity index (χ3v) is 4.17. The fraction of sp³-hybridized carbons (Fsp3) is 0.0625. The van der Waals surface area contributed by atoms with Crippen molar-refractivity contribution in [2.24, 2.45) is 5.10 Å². The van der Waals surface area contributed by atoms with E-state index in [2.05, 4.69) is 15.3 Å². The molecule has 0 fully saturated rings. The zero-order chi connectivity index (χ0) is 16.8. The van der Waals surface area contributed by atoms with Crippen molar-refractivity contribution in [1.29, 1.82) is 0 Å². The molecular weight excluding hydrogens is 326 g/mol. The van der Waals surface area contributed by atoms with E-state index in [4.69, 9.17) is 0 Å². The average Bonchev–Trinajstić information content (AvgIpc) is 3.06. The van der Waals surface area contributed by atoms with Crippen LogP contribution in [0.15, 0.2) is 71.2 Å². The summed E-state index contributed by atoms with van der Waals surface area (Å²) in [6, 6.07) is 16.4. The van der Waals surface area contributed by atoms with Crippen LogP contribution in [0.1, 0.15) is 11.1 Å². The highest BCUT2D eigenvalue weighted by Gasteiger charge is 2.10. The van der Waals surface area contributed by atoms with Crippen molar-refractivity contribution >= 4 is 23.7 Å². The average molecular weight is 339 g/mol. The van der Waals surface area contributed by atoms with Gasteiger partial charge in [-0.15, -0.1) is 10.2 Å². The highest BCUT2D eigenvalue weighted by molar-refractivity contribution is 7.98. The molecule has 0 aliphatic heterocycles. The summed E-state index contributed by atoms with van der Waals surface area (Å²) in [6.07, 6.45) is 2.91. The molecule has 8 heteroatoms.